The number of nitrogens with one attached hydrogen (secondary N) is 1. The zero-order valence-corrected chi connectivity index (χ0v) is 9.28. The zero-order chi connectivity index (χ0) is 11.4. The summed E-state index contributed by atoms with van der Waals surface area (Å²) in [4.78, 5) is 8.01. The Labute approximate surface area is 98.5 Å². The van der Waals surface area contributed by atoms with Gasteiger partial charge in [0, 0.05) is 11.6 Å². The minimum absolute atomic E-state index is 0.393. The first-order valence-corrected chi connectivity index (χ1v) is 5.18. The Hall–Kier alpha value is -1.81. The molecule has 5 heteroatoms. The van der Waals surface area contributed by atoms with Gasteiger partial charge in [0.05, 0.1) is 12.4 Å². The summed E-state index contributed by atoms with van der Waals surface area (Å²) >= 11 is 6.02. The van der Waals surface area contributed by atoms with E-state index in [1.165, 1.54) is 6.20 Å². The number of hydrogen-bond donors (Lipinski definition) is 2. The normalized spacial score (nSPS) is 10.1. The molecule has 1 heterocycles. The summed E-state index contributed by atoms with van der Waals surface area (Å²) in [5.74, 6) is 1.03. The number of nitrogens with zero attached hydrogens (tertiary/aromatic N) is 2. The Morgan fingerprint density at radius 1 is 1.25 bits per heavy atom. The maximum absolute atomic E-state index is 6.02. The Morgan fingerprint density at radius 2 is 2.06 bits per heavy atom. The van der Waals surface area contributed by atoms with E-state index in [4.69, 9.17) is 17.3 Å². The minimum Gasteiger partial charge on any atom is -0.382 e. The van der Waals surface area contributed by atoms with Gasteiger partial charge < -0.3 is 11.1 Å². The van der Waals surface area contributed by atoms with Crippen molar-refractivity contribution in [2.75, 3.05) is 11.1 Å². The van der Waals surface area contributed by atoms with Crippen LogP contribution in [0.4, 0.5) is 11.6 Å². The number of benzene rings is 1. The first-order valence-electron chi connectivity index (χ1n) is 4.80. The van der Waals surface area contributed by atoms with Crippen LogP contribution in [0.3, 0.4) is 0 Å². The lowest BCUT2D eigenvalue weighted by Crippen LogP contribution is -2.03. The summed E-state index contributed by atoms with van der Waals surface area (Å²) in [6.45, 7) is 0.595. The fourth-order valence-electron chi connectivity index (χ4n) is 1.29. The molecule has 0 bridgehead atoms. The molecule has 1 aromatic carbocycles. The number of nitrogens with two attached hydrogens (primary N) is 1. The van der Waals surface area contributed by atoms with Crippen LogP contribution < -0.4 is 11.1 Å². The Morgan fingerprint density at radius 3 is 2.81 bits per heavy atom. The Bertz CT molecular complexity index is 487. The maximum Gasteiger partial charge on any atom is 0.147 e. The first-order chi connectivity index (χ1) is 7.75. The summed E-state index contributed by atoms with van der Waals surface area (Å²) in [6.07, 6.45) is 3.12. The third-order valence-electron chi connectivity index (χ3n) is 2.07. The number of hydrogen-bond acceptors (Lipinski definition) is 4. The smallest absolute Gasteiger partial charge is 0.147 e. The van der Waals surface area contributed by atoms with Crippen molar-refractivity contribution in [3.8, 4) is 0 Å². The van der Waals surface area contributed by atoms with Gasteiger partial charge in [0.15, 0.2) is 0 Å². The van der Waals surface area contributed by atoms with Crippen LogP contribution in [0.2, 0.25) is 5.02 Å². The largest absolute Gasteiger partial charge is 0.382 e. The third-order valence-corrected chi connectivity index (χ3v) is 2.44. The van der Waals surface area contributed by atoms with Crippen molar-refractivity contribution in [2.24, 2.45) is 0 Å². The molecule has 2 rings (SSSR count). The van der Waals surface area contributed by atoms with Gasteiger partial charge >= 0.3 is 0 Å². The summed E-state index contributed by atoms with van der Waals surface area (Å²) in [6, 6.07) is 7.64. The summed E-state index contributed by atoms with van der Waals surface area (Å²) in [5.41, 5.74) is 6.53. The van der Waals surface area contributed by atoms with Gasteiger partial charge in [0.25, 0.3) is 0 Å². The van der Waals surface area contributed by atoms with Crippen LogP contribution in [0.15, 0.2) is 36.7 Å². The minimum atomic E-state index is 0.393. The average molecular weight is 235 g/mol. The number of nitrogen functional groups attached to an aromatic ring is 1. The third kappa shape index (κ3) is 2.61. The van der Waals surface area contributed by atoms with Crippen molar-refractivity contribution < 1.29 is 0 Å². The fraction of sp³-hybridized carbons (Fsp3) is 0.0909. The maximum atomic E-state index is 6.02. The van der Waals surface area contributed by atoms with Crippen LogP contribution in [0.1, 0.15) is 5.56 Å². The highest BCUT2D eigenvalue weighted by atomic mass is 35.5. The van der Waals surface area contributed by atoms with E-state index >= 15 is 0 Å². The van der Waals surface area contributed by atoms with E-state index in [0.29, 0.717) is 18.2 Å². The molecule has 0 saturated heterocycles. The van der Waals surface area contributed by atoms with Crippen molar-refractivity contribution in [3.05, 3.63) is 47.2 Å². The molecule has 0 amide bonds. The van der Waals surface area contributed by atoms with Crippen LogP contribution in [0, 0.1) is 0 Å². The highest BCUT2D eigenvalue weighted by molar-refractivity contribution is 6.31. The molecule has 0 spiro atoms. The lowest BCUT2D eigenvalue weighted by molar-refractivity contribution is 1.09. The molecule has 4 nitrogen and oxygen atoms in total. The van der Waals surface area contributed by atoms with Crippen LogP contribution in [-0.4, -0.2) is 9.97 Å². The van der Waals surface area contributed by atoms with E-state index in [0.717, 1.165) is 10.6 Å². The van der Waals surface area contributed by atoms with Gasteiger partial charge in [-0.1, -0.05) is 29.8 Å². The van der Waals surface area contributed by atoms with Crippen LogP contribution in [0.25, 0.3) is 0 Å². The second kappa shape index (κ2) is 4.81. The van der Waals surface area contributed by atoms with E-state index in [2.05, 4.69) is 15.3 Å². The lowest BCUT2D eigenvalue weighted by atomic mass is 10.2. The Kier molecular flexibility index (Phi) is 3.22. The quantitative estimate of drug-likeness (QED) is 0.856. The second-order valence-corrected chi connectivity index (χ2v) is 3.68. The van der Waals surface area contributed by atoms with Gasteiger partial charge in [-0.3, -0.25) is 4.98 Å². The van der Waals surface area contributed by atoms with Gasteiger partial charge in [-0.25, -0.2) is 4.98 Å². The molecule has 0 fully saturated rings. The number of anilines is 2. The van der Waals surface area contributed by atoms with Gasteiger partial charge in [0.1, 0.15) is 11.6 Å². The SMILES string of the molecule is Nc1cncc(NCc2ccccc2Cl)n1. The molecule has 0 aliphatic carbocycles. The fourth-order valence-corrected chi connectivity index (χ4v) is 1.50. The molecule has 0 atom stereocenters. The number of aromatic nitrogens is 2. The molecule has 82 valence electrons. The summed E-state index contributed by atoms with van der Waals surface area (Å²) in [7, 11) is 0. The highest BCUT2D eigenvalue weighted by Gasteiger charge is 1.99. The van der Waals surface area contributed by atoms with E-state index in [-0.39, 0.29) is 0 Å². The molecule has 0 unspecified atom stereocenters. The van der Waals surface area contributed by atoms with Crippen LogP contribution in [-0.2, 0) is 6.54 Å². The zero-order valence-electron chi connectivity index (χ0n) is 8.52. The van der Waals surface area contributed by atoms with E-state index in [9.17, 15) is 0 Å². The highest BCUT2D eigenvalue weighted by Crippen LogP contribution is 2.16. The van der Waals surface area contributed by atoms with Crippen LogP contribution in [0.5, 0.6) is 0 Å². The predicted octanol–water partition coefficient (Wildman–Crippen LogP) is 2.32. The molecule has 16 heavy (non-hydrogen) atoms. The van der Waals surface area contributed by atoms with Crippen molar-refractivity contribution in [1.82, 2.24) is 9.97 Å². The predicted molar refractivity (Wildman–Crippen MR) is 65.2 cm³/mol. The molecule has 3 N–H and O–H groups in total. The monoisotopic (exact) mass is 234 g/mol. The average Bonchev–Trinajstić information content (AvgIpc) is 2.28. The van der Waals surface area contributed by atoms with Gasteiger partial charge in [0.2, 0.25) is 0 Å². The lowest BCUT2D eigenvalue weighted by Gasteiger charge is -2.06. The van der Waals surface area contributed by atoms with Crippen molar-refractivity contribution >= 4 is 23.2 Å². The van der Waals surface area contributed by atoms with Gasteiger partial charge in [-0.2, -0.15) is 0 Å². The number of halogens is 1. The second-order valence-electron chi connectivity index (χ2n) is 3.27. The molecule has 2 aromatic rings. The van der Waals surface area contributed by atoms with E-state index in [1.807, 2.05) is 24.3 Å². The van der Waals surface area contributed by atoms with E-state index < -0.39 is 0 Å². The summed E-state index contributed by atoms with van der Waals surface area (Å²) in [5, 5.41) is 3.83. The first kappa shape index (κ1) is 10.7. The van der Waals surface area contributed by atoms with Crippen molar-refractivity contribution in [3.63, 3.8) is 0 Å². The summed E-state index contributed by atoms with van der Waals surface area (Å²) < 4.78 is 0. The number of rotatable bonds is 3. The van der Waals surface area contributed by atoms with Gasteiger partial charge in [-0.15, -0.1) is 0 Å². The molecule has 0 radical (unpaired) electrons. The topological polar surface area (TPSA) is 63.8 Å². The van der Waals surface area contributed by atoms with Gasteiger partial charge in [-0.05, 0) is 11.6 Å². The molecule has 0 aliphatic rings. The Balaban J connectivity index is 2.05. The van der Waals surface area contributed by atoms with Crippen molar-refractivity contribution in [2.45, 2.75) is 6.54 Å². The van der Waals surface area contributed by atoms with Crippen molar-refractivity contribution in [1.29, 1.82) is 0 Å². The van der Waals surface area contributed by atoms with Crippen LogP contribution >= 0.6 is 11.6 Å². The molecule has 1 aromatic heterocycles. The molecule has 0 aliphatic heterocycles. The molecule has 0 saturated carbocycles. The molecular formula is C11H11ClN4. The molecular weight excluding hydrogens is 224 g/mol. The van der Waals surface area contributed by atoms with E-state index in [1.54, 1.807) is 6.20 Å². The standard InChI is InChI=1S/C11H11ClN4/c12-9-4-2-1-3-8(9)5-15-11-7-14-6-10(13)16-11/h1-4,6-7H,5H2,(H3,13,15,16).